The van der Waals surface area contributed by atoms with Crippen molar-refractivity contribution in [2.75, 3.05) is 6.54 Å². The number of nitrogens with one attached hydrogen (secondary N) is 1. The van der Waals surface area contributed by atoms with E-state index in [0.717, 1.165) is 23.4 Å². The molecule has 1 atom stereocenters. The normalized spacial score (nSPS) is 17.0. The lowest BCUT2D eigenvalue weighted by molar-refractivity contribution is 0.0837. The van der Waals surface area contributed by atoms with Crippen LogP contribution in [0.25, 0.3) is 10.6 Å². The summed E-state index contributed by atoms with van der Waals surface area (Å²) in [4.78, 5) is 16.4. The van der Waals surface area contributed by atoms with Crippen LogP contribution < -0.4 is 5.32 Å². The predicted molar refractivity (Wildman–Crippen MR) is 85.7 cm³/mol. The van der Waals surface area contributed by atoms with E-state index in [1.165, 1.54) is 24.2 Å². The van der Waals surface area contributed by atoms with Gasteiger partial charge in [0.2, 0.25) is 0 Å². The van der Waals surface area contributed by atoms with Gasteiger partial charge in [-0.3, -0.25) is 4.79 Å². The Morgan fingerprint density at radius 1 is 1.43 bits per heavy atom. The molecule has 6 heteroatoms. The lowest BCUT2D eigenvalue weighted by Gasteiger charge is -2.17. The SMILES string of the molecule is O=C(NCC(O)C1CCCC1)c1csc(-c2ccsc2)n1. The Morgan fingerprint density at radius 2 is 2.24 bits per heavy atom. The van der Waals surface area contributed by atoms with Crippen LogP contribution in [0, 0.1) is 5.92 Å². The highest BCUT2D eigenvalue weighted by Crippen LogP contribution is 2.28. The van der Waals surface area contributed by atoms with Gasteiger partial charge >= 0.3 is 0 Å². The number of aromatic nitrogens is 1. The van der Waals surface area contributed by atoms with Crippen LogP contribution in [0.2, 0.25) is 0 Å². The first-order valence-corrected chi connectivity index (χ1v) is 9.00. The molecule has 0 radical (unpaired) electrons. The van der Waals surface area contributed by atoms with Gasteiger partial charge in [-0.2, -0.15) is 11.3 Å². The number of amides is 1. The van der Waals surface area contributed by atoms with Crippen LogP contribution in [0.1, 0.15) is 36.2 Å². The maximum Gasteiger partial charge on any atom is 0.270 e. The number of carbonyl (C=O) groups is 1. The average molecular weight is 322 g/mol. The van der Waals surface area contributed by atoms with Gasteiger partial charge in [0.05, 0.1) is 6.10 Å². The van der Waals surface area contributed by atoms with E-state index >= 15 is 0 Å². The zero-order chi connectivity index (χ0) is 14.7. The van der Waals surface area contributed by atoms with Crippen molar-refractivity contribution in [3.05, 3.63) is 27.9 Å². The van der Waals surface area contributed by atoms with Crippen molar-refractivity contribution in [2.45, 2.75) is 31.8 Å². The fourth-order valence-corrected chi connectivity index (χ4v) is 4.21. The lowest BCUT2D eigenvalue weighted by Crippen LogP contribution is -2.35. The van der Waals surface area contributed by atoms with E-state index in [9.17, 15) is 9.90 Å². The molecule has 0 aromatic carbocycles. The second-order valence-electron chi connectivity index (χ2n) is 5.37. The van der Waals surface area contributed by atoms with Crippen molar-refractivity contribution in [2.24, 2.45) is 5.92 Å². The molecule has 4 nitrogen and oxygen atoms in total. The minimum absolute atomic E-state index is 0.204. The van der Waals surface area contributed by atoms with Gasteiger partial charge in [0.25, 0.3) is 5.91 Å². The molecular weight excluding hydrogens is 304 g/mol. The fraction of sp³-hybridized carbons (Fsp3) is 0.467. The molecule has 1 aliphatic rings. The Bertz CT molecular complexity index is 589. The maximum atomic E-state index is 12.1. The first-order valence-electron chi connectivity index (χ1n) is 7.18. The first kappa shape index (κ1) is 14.7. The number of carbonyl (C=O) groups excluding carboxylic acids is 1. The second-order valence-corrected chi connectivity index (χ2v) is 7.01. The molecule has 2 heterocycles. The molecule has 112 valence electrons. The molecule has 2 N–H and O–H groups in total. The zero-order valence-corrected chi connectivity index (χ0v) is 13.3. The number of thiophene rings is 1. The van der Waals surface area contributed by atoms with Crippen molar-refractivity contribution in [3.8, 4) is 10.6 Å². The van der Waals surface area contributed by atoms with Crippen LogP contribution in [-0.2, 0) is 0 Å². The standard InChI is InChI=1S/C15H18N2O2S2/c18-13(10-3-1-2-4-10)7-16-14(19)12-9-21-15(17-12)11-5-6-20-8-11/h5-6,8-10,13,18H,1-4,7H2,(H,16,19). The maximum absolute atomic E-state index is 12.1. The van der Waals surface area contributed by atoms with Gasteiger partial charge in [0.1, 0.15) is 10.7 Å². The van der Waals surface area contributed by atoms with E-state index < -0.39 is 6.10 Å². The number of aliphatic hydroxyl groups excluding tert-OH is 1. The van der Waals surface area contributed by atoms with E-state index in [4.69, 9.17) is 0 Å². The second kappa shape index (κ2) is 6.68. The Morgan fingerprint density at radius 3 is 2.95 bits per heavy atom. The minimum atomic E-state index is -0.438. The molecule has 2 aromatic rings. The van der Waals surface area contributed by atoms with Crippen LogP contribution in [0.4, 0.5) is 0 Å². The van der Waals surface area contributed by atoms with Gasteiger partial charge in [0.15, 0.2) is 0 Å². The van der Waals surface area contributed by atoms with Gasteiger partial charge in [-0.05, 0) is 30.2 Å². The third-order valence-corrected chi connectivity index (χ3v) is 5.50. The predicted octanol–water partition coefficient (Wildman–Crippen LogP) is 3.15. The molecule has 0 spiro atoms. The molecule has 0 aliphatic heterocycles. The molecule has 1 unspecified atom stereocenters. The number of aliphatic hydroxyl groups is 1. The minimum Gasteiger partial charge on any atom is -0.391 e. The molecule has 3 rings (SSSR count). The van der Waals surface area contributed by atoms with Crippen LogP contribution in [-0.4, -0.2) is 28.6 Å². The molecule has 1 fully saturated rings. The topological polar surface area (TPSA) is 62.2 Å². The van der Waals surface area contributed by atoms with Crippen molar-refractivity contribution in [3.63, 3.8) is 0 Å². The van der Waals surface area contributed by atoms with E-state index in [0.29, 0.717) is 18.2 Å². The van der Waals surface area contributed by atoms with Gasteiger partial charge in [0, 0.05) is 22.9 Å². The van der Waals surface area contributed by atoms with Gasteiger partial charge in [-0.25, -0.2) is 4.98 Å². The molecule has 0 saturated heterocycles. The third kappa shape index (κ3) is 3.51. The largest absolute Gasteiger partial charge is 0.391 e. The number of hydrogen-bond donors (Lipinski definition) is 2. The third-order valence-electron chi connectivity index (χ3n) is 3.92. The quantitative estimate of drug-likeness (QED) is 0.889. The van der Waals surface area contributed by atoms with E-state index in [2.05, 4.69) is 10.3 Å². The Kier molecular flexibility index (Phi) is 4.67. The smallest absolute Gasteiger partial charge is 0.270 e. The summed E-state index contributed by atoms with van der Waals surface area (Å²) in [6, 6.07) is 2.00. The summed E-state index contributed by atoms with van der Waals surface area (Å²) in [5.41, 5.74) is 1.48. The summed E-state index contributed by atoms with van der Waals surface area (Å²) >= 11 is 3.08. The van der Waals surface area contributed by atoms with Crippen LogP contribution in [0.5, 0.6) is 0 Å². The highest BCUT2D eigenvalue weighted by atomic mass is 32.1. The van der Waals surface area contributed by atoms with Gasteiger partial charge < -0.3 is 10.4 Å². The molecule has 0 bridgehead atoms. The molecule has 2 aromatic heterocycles. The van der Waals surface area contributed by atoms with Gasteiger partial charge in [-0.1, -0.05) is 12.8 Å². The fourth-order valence-electron chi connectivity index (χ4n) is 2.69. The Balaban J connectivity index is 1.55. The molecule has 21 heavy (non-hydrogen) atoms. The van der Waals surface area contributed by atoms with E-state index in [1.54, 1.807) is 16.7 Å². The average Bonchev–Trinajstić information content (AvgIpc) is 3.25. The lowest BCUT2D eigenvalue weighted by atomic mass is 10.0. The van der Waals surface area contributed by atoms with Crippen LogP contribution >= 0.6 is 22.7 Å². The summed E-state index contributed by atoms with van der Waals surface area (Å²) in [5, 5.41) is 19.5. The van der Waals surface area contributed by atoms with Gasteiger partial charge in [-0.15, -0.1) is 11.3 Å². The number of nitrogens with zero attached hydrogens (tertiary/aromatic N) is 1. The highest BCUT2D eigenvalue weighted by Gasteiger charge is 2.23. The highest BCUT2D eigenvalue weighted by molar-refractivity contribution is 7.14. The number of rotatable bonds is 5. The van der Waals surface area contributed by atoms with E-state index in [-0.39, 0.29) is 5.91 Å². The summed E-state index contributed by atoms with van der Waals surface area (Å²) in [6.07, 6.45) is 4.07. The Labute approximate surface area is 131 Å². The molecule has 1 aliphatic carbocycles. The number of thiazole rings is 1. The van der Waals surface area contributed by atoms with Crippen molar-refractivity contribution in [1.29, 1.82) is 0 Å². The summed E-state index contributed by atoms with van der Waals surface area (Å²) in [7, 11) is 0. The summed E-state index contributed by atoms with van der Waals surface area (Å²) in [6.45, 7) is 0.314. The molecular formula is C15H18N2O2S2. The molecule has 1 saturated carbocycles. The van der Waals surface area contributed by atoms with E-state index in [1.807, 2.05) is 16.8 Å². The first-order chi connectivity index (χ1) is 10.2. The number of hydrogen-bond acceptors (Lipinski definition) is 5. The zero-order valence-electron chi connectivity index (χ0n) is 11.6. The van der Waals surface area contributed by atoms with Crippen molar-refractivity contribution in [1.82, 2.24) is 10.3 Å². The van der Waals surface area contributed by atoms with Crippen LogP contribution in [0.15, 0.2) is 22.2 Å². The van der Waals surface area contributed by atoms with Crippen LogP contribution in [0.3, 0.4) is 0 Å². The molecule has 1 amide bonds. The van der Waals surface area contributed by atoms with Crippen molar-refractivity contribution >= 4 is 28.6 Å². The summed E-state index contributed by atoms with van der Waals surface area (Å²) < 4.78 is 0. The Hall–Kier alpha value is -1.24. The van der Waals surface area contributed by atoms with Crippen molar-refractivity contribution < 1.29 is 9.90 Å². The summed E-state index contributed by atoms with van der Waals surface area (Å²) in [5.74, 6) is 0.131. The monoisotopic (exact) mass is 322 g/mol.